The zero-order chi connectivity index (χ0) is 21.8. The molecule has 0 spiro atoms. The van der Waals surface area contributed by atoms with E-state index in [0.717, 1.165) is 36.6 Å². The standard InChI is InChI=1S/C21H25N5O4S/c1-13-11-18(30-25-13)22-20(27)14(2)31-21-24-23-19(15-6-8-16(28-3)9-7-15)26(21)12-17-5-4-10-29-17/h6-9,11,14,17H,4-5,10,12H2,1-3H3,(H,22,27)/t14-,17-/m0/s1. The Morgan fingerprint density at radius 2 is 2.16 bits per heavy atom. The molecule has 1 N–H and O–H groups in total. The molecule has 1 aromatic carbocycles. The Kier molecular flexibility index (Phi) is 6.57. The van der Waals surface area contributed by atoms with E-state index in [4.69, 9.17) is 14.0 Å². The lowest BCUT2D eigenvalue weighted by atomic mass is 10.2. The van der Waals surface area contributed by atoms with E-state index in [9.17, 15) is 4.79 Å². The Labute approximate surface area is 184 Å². The Morgan fingerprint density at radius 3 is 2.81 bits per heavy atom. The number of thioether (sulfide) groups is 1. The van der Waals surface area contributed by atoms with E-state index in [2.05, 4.69) is 20.7 Å². The molecule has 2 aromatic heterocycles. The minimum absolute atomic E-state index is 0.105. The molecule has 2 atom stereocenters. The van der Waals surface area contributed by atoms with Crippen LogP contribution in [0.2, 0.25) is 0 Å². The Morgan fingerprint density at radius 1 is 1.35 bits per heavy atom. The van der Waals surface area contributed by atoms with Crippen LogP contribution in [0.15, 0.2) is 40.0 Å². The Hall–Kier alpha value is -2.85. The van der Waals surface area contributed by atoms with Crippen LogP contribution >= 0.6 is 11.8 Å². The van der Waals surface area contributed by atoms with Crippen molar-refractivity contribution in [1.29, 1.82) is 0 Å². The summed E-state index contributed by atoms with van der Waals surface area (Å²) in [6.07, 6.45) is 2.14. The van der Waals surface area contributed by atoms with Crippen molar-refractivity contribution in [3.05, 3.63) is 36.0 Å². The molecule has 0 unspecified atom stereocenters. The zero-order valence-electron chi connectivity index (χ0n) is 17.7. The molecule has 9 nitrogen and oxygen atoms in total. The molecule has 1 aliphatic rings. The molecular formula is C21H25N5O4S. The maximum atomic E-state index is 12.6. The quantitative estimate of drug-likeness (QED) is 0.527. The molecule has 4 rings (SSSR count). The van der Waals surface area contributed by atoms with Gasteiger partial charge < -0.3 is 14.0 Å². The van der Waals surface area contributed by atoms with Crippen molar-refractivity contribution >= 4 is 23.6 Å². The number of ether oxygens (including phenoxy) is 2. The summed E-state index contributed by atoms with van der Waals surface area (Å²) in [5.74, 6) is 1.64. The van der Waals surface area contributed by atoms with Gasteiger partial charge in [0.05, 0.1) is 30.7 Å². The fourth-order valence-electron chi connectivity index (χ4n) is 3.34. The van der Waals surface area contributed by atoms with Crippen molar-refractivity contribution in [2.45, 2.75) is 49.7 Å². The number of nitrogens with one attached hydrogen (secondary N) is 1. The topological polar surface area (TPSA) is 104 Å². The fraction of sp³-hybridized carbons (Fsp3) is 0.429. The lowest BCUT2D eigenvalue weighted by molar-refractivity contribution is -0.115. The van der Waals surface area contributed by atoms with Gasteiger partial charge in [0, 0.05) is 18.2 Å². The van der Waals surface area contributed by atoms with Gasteiger partial charge in [-0.05, 0) is 51.0 Å². The van der Waals surface area contributed by atoms with Gasteiger partial charge in [0.25, 0.3) is 0 Å². The number of carbonyl (C=O) groups is 1. The largest absolute Gasteiger partial charge is 0.497 e. The van der Waals surface area contributed by atoms with Crippen LogP contribution in [-0.4, -0.2) is 50.9 Å². The minimum Gasteiger partial charge on any atom is -0.497 e. The molecule has 1 amide bonds. The molecule has 10 heteroatoms. The van der Waals surface area contributed by atoms with Gasteiger partial charge in [0.1, 0.15) is 5.75 Å². The predicted octanol–water partition coefficient (Wildman–Crippen LogP) is 3.55. The first-order valence-corrected chi connectivity index (χ1v) is 11.0. The minimum atomic E-state index is -0.415. The average Bonchev–Trinajstić information content (AvgIpc) is 3.51. The second-order valence-electron chi connectivity index (χ2n) is 7.36. The van der Waals surface area contributed by atoms with Crippen LogP contribution in [0.25, 0.3) is 11.4 Å². The molecule has 1 saturated heterocycles. The molecular weight excluding hydrogens is 418 g/mol. The maximum absolute atomic E-state index is 12.6. The van der Waals surface area contributed by atoms with Crippen molar-refractivity contribution in [2.24, 2.45) is 0 Å². The van der Waals surface area contributed by atoms with Gasteiger partial charge in [-0.25, -0.2) is 0 Å². The van der Waals surface area contributed by atoms with E-state index in [1.165, 1.54) is 11.8 Å². The summed E-state index contributed by atoms with van der Waals surface area (Å²) in [4.78, 5) is 12.6. The number of anilines is 1. The summed E-state index contributed by atoms with van der Waals surface area (Å²) in [7, 11) is 1.64. The number of methoxy groups -OCH3 is 1. The van der Waals surface area contributed by atoms with Crippen LogP contribution in [0.1, 0.15) is 25.5 Å². The lowest BCUT2D eigenvalue weighted by Gasteiger charge is -2.16. The van der Waals surface area contributed by atoms with Gasteiger partial charge in [0.15, 0.2) is 11.0 Å². The number of rotatable bonds is 8. The summed E-state index contributed by atoms with van der Waals surface area (Å²) in [6.45, 7) is 5.02. The number of carbonyl (C=O) groups excluding carboxylic acids is 1. The van der Waals surface area contributed by atoms with E-state index in [-0.39, 0.29) is 12.0 Å². The number of benzene rings is 1. The summed E-state index contributed by atoms with van der Waals surface area (Å²) < 4.78 is 18.2. The van der Waals surface area contributed by atoms with Crippen LogP contribution in [0, 0.1) is 6.92 Å². The fourth-order valence-corrected chi connectivity index (χ4v) is 4.20. The molecule has 3 heterocycles. The number of aryl methyl sites for hydroxylation is 1. The third-order valence-corrected chi connectivity index (χ3v) is 6.08. The molecule has 1 fully saturated rings. The third-order valence-electron chi connectivity index (χ3n) is 5.00. The lowest BCUT2D eigenvalue weighted by Crippen LogP contribution is -2.23. The van der Waals surface area contributed by atoms with Crippen LogP contribution in [0.5, 0.6) is 5.75 Å². The van der Waals surface area contributed by atoms with Gasteiger partial charge in [-0.3, -0.25) is 14.7 Å². The van der Waals surface area contributed by atoms with Crippen molar-refractivity contribution in [3.63, 3.8) is 0 Å². The first-order chi connectivity index (χ1) is 15.0. The molecule has 0 bridgehead atoms. The van der Waals surface area contributed by atoms with Crippen LogP contribution in [0.4, 0.5) is 5.88 Å². The van der Waals surface area contributed by atoms with Crippen molar-refractivity contribution in [2.75, 3.05) is 19.0 Å². The summed E-state index contributed by atoms with van der Waals surface area (Å²) in [5, 5.41) is 15.6. The molecule has 0 saturated carbocycles. The van der Waals surface area contributed by atoms with E-state index in [0.29, 0.717) is 23.3 Å². The van der Waals surface area contributed by atoms with Crippen LogP contribution in [0.3, 0.4) is 0 Å². The predicted molar refractivity (Wildman–Crippen MR) is 116 cm³/mol. The molecule has 1 aliphatic heterocycles. The first kappa shape index (κ1) is 21.4. The summed E-state index contributed by atoms with van der Waals surface area (Å²) >= 11 is 1.35. The highest BCUT2D eigenvalue weighted by molar-refractivity contribution is 8.00. The number of hydrogen-bond acceptors (Lipinski definition) is 8. The summed E-state index contributed by atoms with van der Waals surface area (Å²) in [5.41, 5.74) is 1.63. The van der Waals surface area contributed by atoms with Crippen molar-refractivity contribution in [1.82, 2.24) is 19.9 Å². The van der Waals surface area contributed by atoms with Gasteiger partial charge >= 0.3 is 0 Å². The molecule has 31 heavy (non-hydrogen) atoms. The highest BCUT2D eigenvalue weighted by Crippen LogP contribution is 2.30. The molecule has 0 radical (unpaired) electrons. The average molecular weight is 444 g/mol. The SMILES string of the molecule is COc1ccc(-c2nnc(S[C@@H](C)C(=O)Nc3cc(C)no3)n2C[C@@H]2CCCO2)cc1. The normalized spacial score (nSPS) is 16.9. The monoisotopic (exact) mass is 443 g/mol. The number of nitrogens with zero attached hydrogens (tertiary/aromatic N) is 4. The van der Waals surface area contributed by atoms with Crippen molar-refractivity contribution < 1.29 is 18.8 Å². The van der Waals surface area contributed by atoms with Crippen LogP contribution in [-0.2, 0) is 16.1 Å². The highest BCUT2D eigenvalue weighted by atomic mass is 32.2. The molecule has 0 aliphatic carbocycles. The van der Waals surface area contributed by atoms with Gasteiger partial charge in [-0.2, -0.15) is 0 Å². The van der Waals surface area contributed by atoms with Crippen LogP contribution < -0.4 is 10.1 Å². The van der Waals surface area contributed by atoms with E-state index in [1.54, 1.807) is 20.1 Å². The van der Waals surface area contributed by atoms with E-state index < -0.39 is 5.25 Å². The molecule has 164 valence electrons. The number of amides is 1. The highest BCUT2D eigenvalue weighted by Gasteiger charge is 2.25. The first-order valence-electron chi connectivity index (χ1n) is 10.1. The van der Waals surface area contributed by atoms with Gasteiger partial charge in [-0.15, -0.1) is 10.2 Å². The zero-order valence-corrected chi connectivity index (χ0v) is 18.5. The van der Waals surface area contributed by atoms with E-state index >= 15 is 0 Å². The molecule has 3 aromatic rings. The number of aromatic nitrogens is 4. The second-order valence-corrected chi connectivity index (χ2v) is 8.67. The second kappa shape index (κ2) is 9.52. The van der Waals surface area contributed by atoms with E-state index in [1.807, 2.05) is 35.8 Å². The Balaban J connectivity index is 1.55. The number of hydrogen-bond donors (Lipinski definition) is 1. The van der Waals surface area contributed by atoms with Gasteiger partial charge in [0.2, 0.25) is 11.8 Å². The smallest absolute Gasteiger partial charge is 0.240 e. The van der Waals surface area contributed by atoms with Crippen molar-refractivity contribution in [3.8, 4) is 17.1 Å². The Bertz CT molecular complexity index is 1030. The third kappa shape index (κ3) is 5.08. The van der Waals surface area contributed by atoms with Gasteiger partial charge in [-0.1, -0.05) is 16.9 Å². The maximum Gasteiger partial charge on any atom is 0.240 e. The summed E-state index contributed by atoms with van der Waals surface area (Å²) in [6, 6.07) is 9.36.